The molecule has 8 heteroatoms. The van der Waals surface area contributed by atoms with Gasteiger partial charge in [-0.1, -0.05) is 0 Å². The summed E-state index contributed by atoms with van der Waals surface area (Å²) in [6.45, 7) is 0. The fourth-order valence-electron chi connectivity index (χ4n) is 2.50. The zero-order valence-electron chi connectivity index (χ0n) is 10.6. The first-order chi connectivity index (χ1) is 9.19. The highest BCUT2D eigenvalue weighted by Gasteiger charge is 2.36. The normalized spacial score (nSPS) is 23.7. The molecule has 1 fully saturated rings. The van der Waals surface area contributed by atoms with E-state index in [9.17, 15) is 21.6 Å². The van der Waals surface area contributed by atoms with Gasteiger partial charge in [-0.05, 0) is 30.4 Å². The molecule has 0 aliphatic carbocycles. The standard InChI is InChI=1S/C12H15F3N2O2S/c13-12(14,15)10-1-3-17-6-9(10)11(16)5-8-2-4-20(18,19)7-8/h1,3,6,8,11H,2,4-5,7,16H2. The molecule has 0 radical (unpaired) electrons. The molecule has 0 amide bonds. The number of sulfone groups is 1. The van der Waals surface area contributed by atoms with Gasteiger partial charge in [-0.3, -0.25) is 4.98 Å². The molecular formula is C12H15F3N2O2S. The van der Waals surface area contributed by atoms with E-state index in [0.29, 0.717) is 6.42 Å². The van der Waals surface area contributed by atoms with Crippen LogP contribution < -0.4 is 5.73 Å². The molecule has 1 aromatic heterocycles. The number of nitrogens with two attached hydrogens (primary N) is 1. The molecule has 1 saturated heterocycles. The zero-order chi connectivity index (χ0) is 15.0. The van der Waals surface area contributed by atoms with Gasteiger partial charge < -0.3 is 5.73 Å². The van der Waals surface area contributed by atoms with E-state index in [4.69, 9.17) is 5.73 Å². The molecule has 0 saturated carbocycles. The lowest BCUT2D eigenvalue weighted by atomic mass is 9.93. The molecule has 1 aliphatic rings. The van der Waals surface area contributed by atoms with Crippen LogP contribution in [0.1, 0.15) is 30.0 Å². The summed E-state index contributed by atoms with van der Waals surface area (Å²) in [5.74, 6) is -0.0948. The van der Waals surface area contributed by atoms with Gasteiger partial charge in [0.25, 0.3) is 0 Å². The number of hydrogen-bond acceptors (Lipinski definition) is 4. The van der Waals surface area contributed by atoms with Gasteiger partial charge in [0, 0.05) is 18.4 Å². The van der Waals surface area contributed by atoms with Gasteiger partial charge in [0.2, 0.25) is 0 Å². The number of rotatable bonds is 3. The van der Waals surface area contributed by atoms with Crippen LogP contribution in [0.25, 0.3) is 0 Å². The topological polar surface area (TPSA) is 73.1 Å². The molecule has 1 aromatic rings. The van der Waals surface area contributed by atoms with E-state index in [0.717, 1.165) is 18.5 Å². The van der Waals surface area contributed by atoms with Gasteiger partial charge in [-0.15, -0.1) is 0 Å². The third-order valence-corrected chi connectivity index (χ3v) is 5.31. The summed E-state index contributed by atoms with van der Waals surface area (Å²) >= 11 is 0. The Morgan fingerprint density at radius 2 is 2.15 bits per heavy atom. The van der Waals surface area contributed by atoms with Crippen molar-refractivity contribution >= 4 is 9.84 Å². The van der Waals surface area contributed by atoms with E-state index < -0.39 is 27.6 Å². The van der Waals surface area contributed by atoms with Crippen molar-refractivity contribution in [3.8, 4) is 0 Å². The van der Waals surface area contributed by atoms with Crippen molar-refractivity contribution in [2.45, 2.75) is 25.1 Å². The molecule has 2 unspecified atom stereocenters. The van der Waals surface area contributed by atoms with Crippen LogP contribution in [0.3, 0.4) is 0 Å². The lowest BCUT2D eigenvalue weighted by Crippen LogP contribution is -2.21. The summed E-state index contributed by atoms with van der Waals surface area (Å²) in [6.07, 6.45) is -1.64. The summed E-state index contributed by atoms with van der Waals surface area (Å²) in [5, 5.41) is 0. The maximum atomic E-state index is 12.9. The summed E-state index contributed by atoms with van der Waals surface area (Å²) in [5.41, 5.74) is 4.94. The van der Waals surface area contributed by atoms with Crippen molar-refractivity contribution in [3.63, 3.8) is 0 Å². The minimum atomic E-state index is -4.49. The first-order valence-electron chi connectivity index (χ1n) is 6.16. The fraction of sp³-hybridized carbons (Fsp3) is 0.583. The van der Waals surface area contributed by atoms with Gasteiger partial charge in [-0.2, -0.15) is 13.2 Å². The minimum Gasteiger partial charge on any atom is -0.324 e. The fourth-order valence-corrected chi connectivity index (χ4v) is 4.38. The second-order valence-corrected chi connectivity index (χ2v) is 7.30. The number of pyridine rings is 1. The predicted molar refractivity (Wildman–Crippen MR) is 67.5 cm³/mol. The molecular weight excluding hydrogens is 293 g/mol. The molecule has 1 aliphatic heterocycles. The average molecular weight is 308 g/mol. The Morgan fingerprint density at radius 3 is 2.70 bits per heavy atom. The van der Waals surface area contributed by atoms with E-state index in [1.807, 2.05) is 0 Å². The Labute approximate surface area is 115 Å². The van der Waals surface area contributed by atoms with Crippen LogP contribution in [0.5, 0.6) is 0 Å². The molecule has 112 valence electrons. The Morgan fingerprint density at radius 1 is 1.45 bits per heavy atom. The van der Waals surface area contributed by atoms with Crippen molar-refractivity contribution in [3.05, 3.63) is 29.6 Å². The van der Waals surface area contributed by atoms with Gasteiger partial charge >= 0.3 is 6.18 Å². The third-order valence-electron chi connectivity index (χ3n) is 3.47. The monoisotopic (exact) mass is 308 g/mol. The van der Waals surface area contributed by atoms with Crippen molar-refractivity contribution in [1.29, 1.82) is 0 Å². The molecule has 2 N–H and O–H groups in total. The predicted octanol–water partition coefficient (Wildman–Crippen LogP) is 1.92. The molecule has 4 nitrogen and oxygen atoms in total. The molecule has 2 heterocycles. The Kier molecular flexibility index (Phi) is 4.06. The summed E-state index contributed by atoms with van der Waals surface area (Å²) in [4.78, 5) is 3.68. The molecule has 2 rings (SSSR count). The van der Waals surface area contributed by atoms with E-state index in [-0.39, 0.29) is 29.4 Å². The highest BCUT2D eigenvalue weighted by Crippen LogP contribution is 2.36. The molecule has 0 bridgehead atoms. The number of hydrogen-bond donors (Lipinski definition) is 1. The van der Waals surface area contributed by atoms with E-state index >= 15 is 0 Å². The molecule has 2 atom stereocenters. The Hall–Kier alpha value is -1.15. The lowest BCUT2D eigenvalue weighted by Gasteiger charge is -2.19. The smallest absolute Gasteiger partial charge is 0.324 e. The largest absolute Gasteiger partial charge is 0.416 e. The maximum absolute atomic E-state index is 12.9. The van der Waals surface area contributed by atoms with Crippen LogP contribution >= 0.6 is 0 Å². The van der Waals surface area contributed by atoms with Crippen molar-refractivity contribution in [2.24, 2.45) is 11.7 Å². The third kappa shape index (κ3) is 3.49. The second-order valence-electron chi connectivity index (χ2n) is 5.07. The zero-order valence-corrected chi connectivity index (χ0v) is 11.4. The Balaban J connectivity index is 2.16. The van der Waals surface area contributed by atoms with E-state index in [1.165, 1.54) is 0 Å². The highest BCUT2D eigenvalue weighted by molar-refractivity contribution is 7.91. The van der Waals surface area contributed by atoms with Gasteiger partial charge in [-0.25, -0.2) is 8.42 Å². The summed E-state index contributed by atoms with van der Waals surface area (Å²) in [7, 11) is -3.06. The van der Waals surface area contributed by atoms with Crippen molar-refractivity contribution in [1.82, 2.24) is 4.98 Å². The quantitative estimate of drug-likeness (QED) is 0.926. The lowest BCUT2D eigenvalue weighted by molar-refractivity contribution is -0.138. The molecule has 20 heavy (non-hydrogen) atoms. The van der Waals surface area contributed by atoms with Gasteiger partial charge in [0.15, 0.2) is 9.84 Å². The van der Waals surface area contributed by atoms with Crippen LogP contribution in [0.4, 0.5) is 13.2 Å². The number of aromatic nitrogens is 1. The van der Waals surface area contributed by atoms with Crippen LogP contribution in [-0.4, -0.2) is 24.9 Å². The molecule has 0 aromatic carbocycles. The van der Waals surface area contributed by atoms with E-state index in [1.54, 1.807) is 0 Å². The number of halogens is 3. The minimum absolute atomic E-state index is 0.00229. The first kappa shape index (κ1) is 15.2. The van der Waals surface area contributed by atoms with Gasteiger partial charge in [0.1, 0.15) is 0 Å². The second kappa shape index (κ2) is 5.33. The first-order valence-corrected chi connectivity index (χ1v) is 7.98. The number of alkyl halides is 3. The Bertz CT molecular complexity index is 587. The summed E-state index contributed by atoms with van der Waals surface area (Å²) < 4.78 is 61.3. The number of nitrogens with zero attached hydrogens (tertiary/aromatic N) is 1. The van der Waals surface area contributed by atoms with Crippen LogP contribution in [0.15, 0.2) is 18.5 Å². The van der Waals surface area contributed by atoms with Gasteiger partial charge in [0.05, 0.1) is 17.1 Å². The SMILES string of the molecule is NC(CC1CCS(=O)(=O)C1)c1cnccc1C(F)(F)F. The average Bonchev–Trinajstić information content (AvgIpc) is 2.67. The van der Waals surface area contributed by atoms with Crippen LogP contribution in [0, 0.1) is 5.92 Å². The van der Waals surface area contributed by atoms with Crippen molar-refractivity contribution in [2.75, 3.05) is 11.5 Å². The van der Waals surface area contributed by atoms with Crippen LogP contribution in [0.2, 0.25) is 0 Å². The summed E-state index contributed by atoms with van der Waals surface area (Å²) in [6, 6.07) is 0.0271. The van der Waals surface area contributed by atoms with E-state index in [2.05, 4.69) is 4.98 Å². The van der Waals surface area contributed by atoms with Crippen molar-refractivity contribution < 1.29 is 21.6 Å². The molecule has 0 spiro atoms. The van der Waals surface area contributed by atoms with Crippen LogP contribution in [-0.2, 0) is 16.0 Å². The highest BCUT2D eigenvalue weighted by atomic mass is 32.2. The maximum Gasteiger partial charge on any atom is 0.416 e.